The first-order chi connectivity index (χ1) is 14.5. The summed E-state index contributed by atoms with van der Waals surface area (Å²) < 4.78 is 11.2. The molecule has 0 saturated carbocycles. The van der Waals surface area contributed by atoms with Gasteiger partial charge in [0.1, 0.15) is 17.6 Å². The maximum Gasteiger partial charge on any atom is 0.281 e. The first-order valence-electron chi connectivity index (χ1n) is 9.44. The minimum Gasteiger partial charge on any atom is -0.484 e. The zero-order chi connectivity index (χ0) is 21.1. The largest absolute Gasteiger partial charge is 0.484 e. The lowest BCUT2D eigenvalue weighted by Gasteiger charge is -2.20. The van der Waals surface area contributed by atoms with Gasteiger partial charge in [0.2, 0.25) is 0 Å². The molecule has 0 saturated heterocycles. The van der Waals surface area contributed by atoms with Crippen molar-refractivity contribution in [2.45, 2.75) is 19.4 Å². The number of halogens is 1. The number of benzene rings is 2. The molecule has 3 aromatic rings. The van der Waals surface area contributed by atoms with E-state index in [2.05, 4.69) is 5.10 Å². The quantitative estimate of drug-likeness (QED) is 0.530. The van der Waals surface area contributed by atoms with Gasteiger partial charge in [0.15, 0.2) is 12.4 Å². The summed E-state index contributed by atoms with van der Waals surface area (Å²) in [6, 6.07) is 17.3. The lowest BCUT2D eigenvalue weighted by atomic mass is 10.0. The van der Waals surface area contributed by atoms with Crippen molar-refractivity contribution >= 4 is 29.0 Å². The van der Waals surface area contributed by atoms with Gasteiger partial charge >= 0.3 is 0 Å². The lowest BCUT2D eigenvalue weighted by Crippen LogP contribution is -2.31. The normalized spacial score (nSPS) is 15.7. The summed E-state index contributed by atoms with van der Waals surface area (Å²) in [6.07, 6.45) is 2.10. The van der Waals surface area contributed by atoms with E-state index in [-0.39, 0.29) is 24.3 Å². The van der Waals surface area contributed by atoms with E-state index < -0.39 is 0 Å². The Kier molecular flexibility index (Phi) is 5.68. The van der Waals surface area contributed by atoms with E-state index in [1.165, 1.54) is 11.9 Å². The molecule has 1 atom stereocenters. The van der Waals surface area contributed by atoms with Gasteiger partial charge in [-0.15, -0.1) is 0 Å². The molecule has 0 radical (unpaired) electrons. The minimum absolute atomic E-state index is 0.0277. The number of nitrogens with zero attached hydrogens (tertiary/aromatic N) is 2. The standard InChI is InChI=1S/C23H19ClN2O4/c1-15(27)16-6-10-19(11-7-16)30-14-23(28)26-21(22-3-2-12-29-22)13-20(25-26)17-4-8-18(24)9-5-17/h2-12,21H,13-14H2,1H3. The van der Waals surface area contributed by atoms with Crippen molar-refractivity contribution in [1.29, 1.82) is 0 Å². The molecular weight excluding hydrogens is 404 g/mol. The van der Waals surface area contributed by atoms with Gasteiger partial charge in [-0.25, -0.2) is 5.01 Å². The predicted octanol–water partition coefficient (Wildman–Crippen LogP) is 4.89. The molecule has 1 aromatic heterocycles. The molecule has 30 heavy (non-hydrogen) atoms. The average Bonchev–Trinajstić information content (AvgIpc) is 3.43. The summed E-state index contributed by atoms with van der Waals surface area (Å²) in [6.45, 7) is 1.31. The van der Waals surface area contributed by atoms with E-state index in [4.69, 9.17) is 20.8 Å². The summed E-state index contributed by atoms with van der Waals surface area (Å²) >= 11 is 5.98. The van der Waals surface area contributed by atoms with E-state index in [0.717, 1.165) is 11.3 Å². The molecule has 0 spiro atoms. The van der Waals surface area contributed by atoms with E-state index in [1.807, 2.05) is 18.2 Å². The van der Waals surface area contributed by atoms with Gasteiger partial charge in [0, 0.05) is 17.0 Å². The number of furan rings is 1. The Morgan fingerprint density at radius 2 is 1.87 bits per heavy atom. The molecule has 152 valence electrons. The third kappa shape index (κ3) is 4.28. The Morgan fingerprint density at radius 1 is 1.13 bits per heavy atom. The SMILES string of the molecule is CC(=O)c1ccc(OCC(=O)N2N=C(c3ccc(Cl)cc3)CC2c2ccco2)cc1. The van der Waals surface area contributed by atoms with Gasteiger partial charge in [-0.05, 0) is 61.0 Å². The van der Waals surface area contributed by atoms with Crippen LogP contribution in [-0.4, -0.2) is 29.0 Å². The van der Waals surface area contributed by atoms with Crippen LogP contribution in [0.2, 0.25) is 5.02 Å². The van der Waals surface area contributed by atoms with Crippen molar-refractivity contribution in [1.82, 2.24) is 5.01 Å². The molecule has 1 aliphatic rings. The zero-order valence-electron chi connectivity index (χ0n) is 16.2. The van der Waals surface area contributed by atoms with Crippen LogP contribution in [0.1, 0.15) is 41.1 Å². The van der Waals surface area contributed by atoms with Crippen LogP contribution in [0.5, 0.6) is 5.75 Å². The Bertz CT molecular complexity index is 1070. The summed E-state index contributed by atoms with van der Waals surface area (Å²) in [5.74, 6) is 0.835. The number of hydrogen-bond donors (Lipinski definition) is 0. The second-order valence-corrected chi connectivity index (χ2v) is 7.33. The van der Waals surface area contributed by atoms with Crippen LogP contribution in [0, 0.1) is 0 Å². The van der Waals surface area contributed by atoms with Gasteiger partial charge in [0.05, 0.1) is 12.0 Å². The van der Waals surface area contributed by atoms with Gasteiger partial charge < -0.3 is 9.15 Å². The topological polar surface area (TPSA) is 72.1 Å². The van der Waals surface area contributed by atoms with Crippen molar-refractivity contribution < 1.29 is 18.7 Å². The molecule has 1 aliphatic heterocycles. The third-order valence-corrected chi connectivity index (χ3v) is 5.09. The highest BCUT2D eigenvalue weighted by Crippen LogP contribution is 2.33. The fraction of sp³-hybridized carbons (Fsp3) is 0.174. The highest BCUT2D eigenvalue weighted by atomic mass is 35.5. The Labute approximate surface area is 178 Å². The summed E-state index contributed by atoms with van der Waals surface area (Å²) in [4.78, 5) is 24.3. The zero-order valence-corrected chi connectivity index (χ0v) is 17.0. The molecule has 4 rings (SSSR count). The highest BCUT2D eigenvalue weighted by Gasteiger charge is 2.35. The van der Waals surface area contributed by atoms with Gasteiger partial charge in [-0.2, -0.15) is 5.10 Å². The molecule has 0 aliphatic carbocycles. The first kappa shape index (κ1) is 19.9. The molecule has 1 amide bonds. The molecular formula is C23H19ClN2O4. The molecule has 0 N–H and O–H groups in total. The molecule has 2 heterocycles. The van der Waals surface area contributed by atoms with Crippen molar-refractivity contribution in [3.05, 3.63) is 88.8 Å². The predicted molar refractivity (Wildman–Crippen MR) is 113 cm³/mol. The van der Waals surface area contributed by atoms with E-state index in [1.54, 1.807) is 48.7 Å². The molecule has 1 unspecified atom stereocenters. The van der Waals surface area contributed by atoms with Crippen LogP contribution in [0.3, 0.4) is 0 Å². The van der Waals surface area contributed by atoms with E-state index in [0.29, 0.717) is 28.5 Å². The fourth-order valence-corrected chi connectivity index (χ4v) is 3.38. The number of rotatable bonds is 6. The molecule has 0 bridgehead atoms. The van der Waals surface area contributed by atoms with Crippen LogP contribution in [0.15, 0.2) is 76.4 Å². The van der Waals surface area contributed by atoms with E-state index >= 15 is 0 Å². The second-order valence-electron chi connectivity index (χ2n) is 6.90. The number of ketones is 1. The minimum atomic E-state index is -0.345. The number of hydrogen-bond acceptors (Lipinski definition) is 5. The number of carbonyl (C=O) groups excluding carboxylic acids is 2. The maximum absolute atomic E-state index is 12.9. The van der Waals surface area contributed by atoms with Gasteiger partial charge in [0.25, 0.3) is 5.91 Å². The average molecular weight is 423 g/mol. The molecule has 0 fully saturated rings. The molecule has 7 heteroatoms. The van der Waals surface area contributed by atoms with Crippen molar-refractivity contribution in [2.75, 3.05) is 6.61 Å². The fourth-order valence-electron chi connectivity index (χ4n) is 3.26. The van der Waals surface area contributed by atoms with Crippen LogP contribution >= 0.6 is 11.6 Å². The van der Waals surface area contributed by atoms with Crippen LogP contribution in [-0.2, 0) is 4.79 Å². The number of amides is 1. The van der Waals surface area contributed by atoms with E-state index in [9.17, 15) is 9.59 Å². The maximum atomic E-state index is 12.9. The number of ether oxygens (including phenoxy) is 1. The summed E-state index contributed by atoms with van der Waals surface area (Å²) in [7, 11) is 0. The van der Waals surface area contributed by atoms with Gasteiger partial charge in [-0.1, -0.05) is 23.7 Å². The molecule has 6 nitrogen and oxygen atoms in total. The Morgan fingerprint density at radius 3 is 2.50 bits per heavy atom. The third-order valence-electron chi connectivity index (χ3n) is 4.84. The summed E-state index contributed by atoms with van der Waals surface area (Å²) in [5.41, 5.74) is 2.25. The number of hydrazone groups is 1. The Balaban J connectivity index is 1.51. The monoisotopic (exact) mass is 422 g/mol. The number of Topliss-reactive ketones (excluding diaryl/α,β-unsaturated/α-hetero) is 1. The highest BCUT2D eigenvalue weighted by molar-refractivity contribution is 6.30. The smallest absolute Gasteiger partial charge is 0.281 e. The van der Waals surface area contributed by atoms with Crippen molar-refractivity contribution in [3.8, 4) is 5.75 Å². The molecule has 2 aromatic carbocycles. The van der Waals surface area contributed by atoms with Crippen LogP contribution in [0.4, 0.5) is 0 Å². The first-order valence-corrected chi connectivity index (χ1v) is 9.82. The number of carbonyl (C=O) groups is 2. The lowest BCUT2D eigenvalue weighted by molar-refractivity contribution is -0.135. The van der Waals surface area contributed by atoms with Crippen molar-refractivity contribution in [2.24, 2.45) is 5.10 Å². The van der Waals surface area contributed by atoms with Crippen LogP contribution in [0.25, 0.3) is 0 Å². The van der Waals surface area contributed by atoms with Crippen molar-refractivity contribution in [3.63, 3.8) is 0 Å². The second kappa shape index (κ2) is 8.55. The summed E-state index contributed by atoms with van der Waals surface area (Å²) in [5, 5.41) is 6.59. The van der Waals surface area contributed by atoms with Crippen LogP contribution < -0.4 is 4.74 Å². The Hall–Kier alpha value is -3.38. The van der Waals surface area contributed by atoms with Gasteiger partial charge in [-0.3, -0.25) is 9.59 Å².